The molecule has 2 rings (SSSR count). The quantitative estimate of drug-likeness (QED) is 0.513. The van der Waals surface area contributed by atoms with Gasteiger partial charge in [0.1, 0.15) is 5.82 Å². The minimum Gasteiger partial charge on any atom is -0.411 e. The van der Waals surface area contributed by atoms with E-state index in [1.54, 1.807) is 0 Å². The number of halogens is 1. The zero-order valence-electron chi connectivity index (χ0n) is 11.3. The molecule has 1 aromatic rings. The summed E-state index contributed by atoms with van der Waals surface area (Å²) in [7, 11) is 0. The molecule has 0 saturated carbocycles. The fraction of sp³-hybridized carbons (Fsp3) is 0.385. The van der Waals surface area contributed by atoms with E-state index in [1.165, 1.54) is 4.90 Å². The van der Waals surface area contributed by atoms with Crippen molar-refractivity contribution in [3.63, 3.8) is 0 Å². The molecular formula is C13H14FN3O4. The Morgan fingerprint density at radius 2 is 2.24 bits per heavy atom. The number of hydrogen-bond acceptors (Lipinski definition) is 5. The van der Waals surface area contributed by atoms with Crippen molar-refractivity contribution in [1.29, 1.82) is 0 Å². The van der Waals surface area contributed by atoms with Crippen LogP contribution in [0.3, 0.4) is 0 Å². The Hall–Kier alpha value is -2.51. The summed E-state index contributed by atoms with van der Waals surface area (Å²) in [5, 5.41) is 22.7. The highest BCUT2D eigenvalue weighted by molar-refractivity contribution is 5.96. The molecule has 0 radical (unpaired) electrons. The molecule has 0 aliphatic carbocycles. The van der Waals surface area contributed by atoms with Crippen LogP contribution in [0.1, 0.15) is 23.7 Å². The van der Waals surface area contributed by atoms with Gasteiger partial charge in [-0.25, -0.2) is 4.39 Å². The number of amides is 1. The molecule has 1 aromatic carbocycles. The number of piperidine rings is 1. The van der Waals surface area contributed by atoms with E-state index < -0.39 is 22.3 Å². The van der Waals surface area contributed by atoms with Crippen molar-refractivity contribution in [2.75, 3.05) is 13.1 Å². The van der Waals surface area contributed by atoms with Crippen molar-refractivity contribution in [2.45, 2.75) is 13.3 Å². The van der Waals surface area contributed by atoms with Crippen LogP contribution in [-0.2, 0) is 0 Å². The van der Waals surface area contributed by atoms with Crippen molar-refractivity contribution in [2.24, 2.45) is 11.1 Å². The zero-order valence-corrected chi connectivity index (χ0v) is 11.3. The molecule has 21 heavy (non-hydrogen) atoms. The summed E-state index contributed by atoms with van der Waals surface area (Å²) in [4.78, 5) is 23.7. The monoisotopic (exact) mass is 295 g/mol. The third-order valence-electron chi connectivity index (χ3n) is 3.46. The lowest BCUT2D eigenvalue weighted by atomic mass is 9.97. The summed E-state index contributed by atoms with van der Waals surface area (Å²) >= 11 is 0. The second-order valence-electron chi connectivity index (χ2n) is 4.95. The third kappa shape index (κ3) is 3.15. The molecule has 1 saturated heterocycles. The first-order valence-corrected chi connectivity index (χ1v) is 6.37. The number of nitrogens with zero attached hydrogens (tertiary/aromatic N) is 3. The maximum absolute atomic E-state index is 13.4. The lowest BCUT2D eigenvalue weighted by Gasteiger charge is -2.31. The Labute approximate surface area is 119 Å². The van der Waals surface area contributed by atoms with Gasteiger partial charge in [-0.2, -0.15) is 0 Å². The standard InChI is InChI=1S/C13H14FN3O4/c1-8-7-16(3-2-12(8)15-19)13(18)9-4-10(14)6-11(5-9)17(20)21/h4-6,8,19H,2-3,7H2,1H3/b15-12+. The van der Waals surface area contributed by atoms with Gasteiger partial charge in [0.25, 0.3) is 11.6 Å². The number of nitro groups is 1. The molecule has 7 nitrogen and oxygen atoms in total. The predicted molar refractivity (Wildman–Crippen MR) is 72.0 cm³/mol. The fourth-order valence-corrected chi connectivity index (χ4v) is 2.34. The summed E-state index contributed by atoms with van der Waals surface area (Å²) < 4.78 is 13.4. The highest BCUT2D eigenvalue weighted by Gasteiger charge is 2.27. The Morgan fingerprint density at radius 3 is 2.81 bits per heavy atom. The number of likely N-dealkylation sites (tertiary alicyclic amines) is 1. The van der Waals surface area contributed by atoms with Crippen molar-refractivity contribution >= 4 is 17.3 Å². The Kier molecular flexibility index (Phi) is 4.15. The van der Waals surface area contributed by atoms with Crippen molar-refractivity contribution in [1.82, 2.24) is 4.90 Å². The van der Waals surface area contributed by atoms with Crippen molar-refractivity contribution < 1.29 is 19.3 Å². The van der Waals surface area contributed by atoms with E-state index in [0.717, 1.165) is 18.2 Å². The van der Waals surface area contributed by atoms with Crippen LogP contribution in [-0.4, -0.2) is 39.7 Å². The van der Waals surface area contributed by atoms with Gasteiger partial charge in [-0.1, -0.05) is 12.1 Å². The Morgan fingerprint density at radius 1 is 1.52 bits per heavy atom. The average molecular weight is 295 g/mol. The molecule has 1 N–H and O–H groups in total. The van der Waals surface area contributed by atoms with Crippen LogP contribution >= 0.6 is 0 Å². The summed E-state index contributed by atoms with van der Waals surface area (Å²) in [5.41, 5.74) is 0.0866. The molecule has 1 aliphatic rings. The maximum Gasteiger partial charge on any atom is 0.273 e. The van der Waals surface area contributed by atoms with Gasteiger partial charge >= 0.3 is 0 Å². The van der Waals surface area contributed by atoms with E-state index in [9.17, 15) is 19.3 Å². The number of nitro benzene ring substituents is 1. The van der Waals surface area contributed by atoms with Gasteiger partial charge < -0.3 is 10.1 Å². The Balaban J connectivity index is 2.23. The normalized spacial score (nSPS) is 20.6. The summed E-state index contributed by atoms with van der Waals surface area (Å²) in [6.07, 6.45) is 0.417. The maximum atomic E-state index is 13.4. The van der Waals surface area contributed by atoms with Gasteiger partial charge in [-0.05, 0) is 6.07 Å². The van der Waals surface area contributed by atoms with E-state index in [2.05, 4.69) is 5.16 Å². The van der Waals surface area contributed by atoms with Gasteiger partial charge in [0.15, 0.2) is 0 Å². The van der Waals surface area contributed by atoms with Crippen LogP contribution in [0.4, 0.5) is 10.1 Å². The van der Waals surface area contributed by atoms with E-state index >= 15 is 0 Å². The SMILES string of the molecule is CC1CN(C(=O)c2cc(F)cc([N+](=O)[O-])c2)CC/C1=N\O. The molecule has 8 heteroatoms. The van der Waals surface area contributed by atoms with Gasteiger partial charge in [0.05, 0.1) is 16.7 Å². The minimum absolute atomic E-state index is 0.0571. The zero-order chi connectivity index (χ0) is 15.6. The van der Waals surface area contributed by atoms with Gasteiger partial charge in [0.2, 0.25) is 0 Å². The molecular weight excluding hydrogens is 281 g/mol. The highest BCUT2D eigenvalue weighted by atomic mass is 19.1. The molecule has 0 spiro atoms. The number of non-ortho nitro benzene ring substituents is 1. The number of benzene rings is 1. The highest BCUT2D eigenvalue weighted by Crippen LogP contribution is 2.20. The molecule has 0 aromatic heterocycles. The first-order valence-electron chi connectivity index (χ1n) is 6.37. The average Bonchev–Trinajstić information content (AvgIpc) is 2.45. The largest absolute Gasteiger partial charge is 0.411 e. The smallest absolute Gasteiger partial charge is 0.273 e. The second kappa shape index (κ2) is 5.86. The molecule has 1 atom stereocenters. The topological polar surface area (TPSA) is 96.0 Å². The summed E-state index contributed by atoms with van der Waals surface area (Å²) in [6, 6.07) is 2.81. The van der Waals surface area contributed by atoms with Crippen LogP contribution < -0.4 is 0 Å². The predicted octanol–water partition coefficient (Wildman–Crippen LogP) is 2.05. The fourth-order valence-electron chi connectivity index (χ4n) is 2.34. The molecule has 1 aliphatic heterocycles. The number of hydrogen-bond donors (Lipinski definition) is 1. The van der Waals surface area contributed by atoms with Crippen molar-refractivity contribution in [3.8, 4) is 0 Å². The molecule has 1 fully saturated rings. The van der Waals surface area contributed by atoms with E-state index in [4.69, 9.17) is 5.21 Å². The first kappa shape index (κ1) is 14.9. The van der Waals surface area contributed by atoms with Crippen molar-refractivity contribution in [3.05, 3.63) is 39.7 Å². The second-order valence-corrected chi connectivity index (χ2v) is 4.95. The van der Waals surface area contributed by atoms with Crippen LogP contribution in [0, 0.1) is 21.8 Å². The Bertz CT molecular complexity index is 617. The molecule has 1 amide bonds. The van der Waals surface area contributed by atoms with Crippen LogP contribution in [0.15, 0.2) is 23.4 Å². The van der Waals surface area contributed by atoms with Gasteiger partial charge in [-0.3, -0.25) is 14.9 Å². The molecule has 1 unspecified atom stereocenters. The summed E-state index contributed by atoms with van der Waals surface area (Å²) in [6.45, 7) is 2.46. The number of carbonyl (C=O) groups excluding carboxylic acids is 1. The third-order valence-corrected chi connectivity index (χ3v) is 3.46. The minimum atomic E-state index is -0.824. The lowest BCUT2D eigenvalue weighted by molar-refractivity contribution is -0.385. The molecule has 1 heterocycles. The van der Waals surface area contributed by atoms with Crippen LogP contribution in [0.2, 0.25) is 0 Å². The number of oxime groups is 1. The van der Waals surface area contributed by atoms with E-state index in [1.807, 2.05) is 6.92 Å². The first-order chi connectivity index (χ1) is 9.92. The molecule has 0 bridgehead atoms. The van der Waals surface area contributed by atoms with E-state index in [-0.39, 0.29) is 11.5 Å². The van der Waals surface area contributed by atoms with Crippen LogP contribution in [0.5, 0.6) is 0 Å². The number of carbonyl (C=O) groups is 1. The summed E-state index contributed by atoms with van der Waals surface area (Å²) in [5.74, 6) is -1.41. The van der Waals surface area contributed by atoms with Gasteiger partial charge in [-0.15, -0.1) is 0 Å². The van der Waals surface area contributed by atoms with Gasteiger partial charge in [0, 0.05) is 37.1 Å². The lowest BCUT2D eigenvalue weighted by Crippen LogP contribution is -2.43. The van der Waals surface area contributed by atoms with E-state index in [0.29, 0.717) is 25.2 Å². The number of rotatable bonds is 2. The molecule has 112 valence electrons. The van der Waals surface area contributed by atoms with Crippen LogP contribution in [0.25, 0.3) is 0 Å².